The van der Waals surface area contributed by atoms with E-state index in [0.29, 0.717) is 0 Å². The van der Waals surface area contributed by atoms with Crippen molar-refractivity contribution in [3.05, 3.63) is 24.3 Å². The van der Waals surface area contributed by atoms with Crippen LogP contribution < -0.4 is 10.6 Å². The van der Waals surface area contributed by atoms with E-state index in [4.69, 9.17) is 0 Å². The third-order valence-corrected chi connectivity index (χ3v) is 4.61. The zero-order valence-electron chi connectivity index (χ0n) is 12.4. The first-order valence-corrected chi connectivity index (χ1v) is 8.18. The van der Waals surface area contributed by atoms with Crippen molar-refractivity contribution in [3.8, 4) is 0 Å². The zero-order valence-corrected chi connectivity index (χ0v) is 13.2. The molecule has 0 aliphatic carbocycles. The molecule has 1 saturated heterocycles. The average molecular weight is 293 g/mol. The zero-order chi connectivity index (χ0) is 14.6. The Bertz CT molecular complexity index is 470. The molecule has 1 aliphatic rings. The highest BCUT2D eigenvalue weighted by Crippen LogP contribution is 2.26. The van der Waals surface area contributed by atoms with Gasteiger partial charge in [0.2, 0.25) is 5.91 Å². The molecule has 0 atom stereocenters. The van der Waals surface area contributed by atoms with E-state index >= 15 is 0 Å². The van der Waals surface area contributed by atoms with Crippen LogP contribution in [-0.4, -0.2) is 48.8 Å². The minimum Gasteiger partial charge on any atom is -0.323 e. The summed E-state index contributed by atoms with van der Waals surface area (Å²) in [6, 6.07) is 7.92. The van der Waals surface area contributed by atoms with E-state index in [-0.39, 0.29) is 5.91 Å². The smallest absolute Gasteiger partial charge is 0.244 e. The molecular weight excluding hydrogens is 270 g/mol. The summed E-state index contributed by atoms with van der Waals surface area (Å²) in [6.45, 7) is 7.69. The van der Waals surface area contributed by atoms with Crippen LogP contribution in [0.3, 0.4) is 0 Å². The highest BCUT2D eigenvalue weighted by Gasteiger charge is 2.35. The topological polar surface area (TPSA) is 44.4 Å². The largest absolute Gasteiger partial charge is 0.323 e. The number of carbonyl (C=O) groups is 1. The van der Waals surface area contributed by atoms with Gasteiger partial charge in [-0.3, -0.25) is 9.69 Å². The van der Waals surface area contributed by atoms with Gasteiger partial charge in [0.1, 0.15) is 0 Å². The SMILES string of the molecule is CSc1ccccc1NC(=O)C(C)(C)N1CCNCC1. The number of nitrogens with zero attached hydrogens (tertiary/aromatic N) is 1. The first-order chi connectivity index (χ1) is 9.55. The van der Waals surface area contributed by atoms with Gasteiger partial charge in [-0.1, -0.05) is 12.1 Å². The number of carbonyl (C=O) groups excluding carboxylic acids is 1. The van der Waals surface area contributed by atoms with Crippen LogP contribution >= 0.6 is 11.8 Å². The van der Waals surface area contributed by atoms with Gasteiger partial charge in [0.25, 0.3) is 0 Å². The molecule has 0 bridgehead atoms. The second-order valence-corrected chi connectivity index (χ2v) is 6.30. The lowest BCUT2D eigenvalue weighted by atomic mass is 10.0. The van der Waals surface area contributed by atoms with E-state index in [9.17, 15) is 4.79 Å². The Morgan fingerprint density at radius 3 is 2.60 bits per heavy atom. The van der Waals surface area contributed by atoms with Gasteiger partial charge in [-0.15, -0.1) is 11.8 Å². The maximum Gasteiger partial charge on any atom is 0.244 e. The van der Waals surface area contributed by atoms with Gasteiger partial charge in [-0.2, -0.15) is 0 Å². The number of hydrogen-bond donors (Lipinski definition) is 2. The van der Waals surface area contributed by atoms with E-state index < -0.39 is 5.54 Å². The van der Waals surface area contributed by atoms with E-state index in [1.165, 1.54) is 0 Å². The molecule has 20 heavy (non-hydrogen) atoms. The summed E-state index contributed by atoms with van der Waals surface area (Å²) in [7, 11) is 0. The van der Waals surface area contributed by atoms with Gasteiger partial charge in [-0.25, -0.2) is 0 Å². The summed E-state index contributed by atoms with van der Waals surface area (Å²) in [6.07, 6.45) is 2.02. The Kier molecular flexibility index (Phi) is 5.07. The molecular formula is C15H23N3OS. The van der Waals surface area contributed by atoms with Crippen molar-refractivity contribution >= 4 is 23.4 Å². The predicted octanol–water partition coefficient (Wildman–Crippen LogP) is 2.03. The molecule has 2 rings (SSSR count). The summed E-state index contributed by atoms with van der Waals surface area (Å²) in [5.41, 5.74) is 0.404. The summed E-state index contributed by atoms with van der Waals surface area (Å²) in [5.74, 6) is 0.0564. The lowest BCUT2D eigenvalue weighted by molar-refractivity contribution is -0.126. The van der Waals surface area contributed by atoms with Crippen LogP contribution in [0, 0.1) is 0 Å². The van der Waals surface area contributed by atoms with Gasteiger partial charge in [0.15, 0.2) is 0 Å². The Labute approximate surface area is 125 Å². The lowest BCUT2D eigenvalue weighted by Crippen LogP contribution is -2.58. The molecule has 0 unspecified atom stereocenters. The third-order valence-electron chi connectivity index (χ3n) is 3.82. The van der Waals surface area contributed by atoms with Crippen LogP contribution in [0.25, 0.3) is 0 Å². The Balaban J connectivity index is 2.10. The summed E-state index contributed by atoms with van der Waals surface area (Å²) in [4.78, 5) is 16.0. The molecule has 5 heteroatoms. The first kappa shape index (κ1) is 15.4. The summed E-state index contributed by atoms with van der Waals surface area (Å²) < 4.78 is 0. The Morgan fingerprint density at radius 2 is 1.95 bits per heavy atom. The number of rotatable bonds is 4. The van der Waals surface area contributed by atoms with Crippen molar-refractivity contribution in [3.63, 3.8) is 0 Å². The van der Waals surface area contributed by atoms with Crippen molar-refractivity contribution in [1.29, 1.82) is 0 Å². The fourth-order valence-corrected chi connectivity index (χ4v) is 2.94. The van der Waals surface area contributed by atoms with E-state index in [2.05, 4.69) is 15.5 Å². The molecule has 1 heterocycles. The third kappa shape index (κ3) is 3.34. The van der Waals surface area contributed by atoms with Crippen molar-refractivity contribution in [1.82, 2.24) is 10.2 Å². The molecule has 1 amide bonds. The maximum absolute atomic E-state index is 12.6. The van der Waals surface area contributed by atoms with Crippen molar-refractivity contribution in [2.24, 2.45) is 0 Å². The quantitative estimate of drug-likeness (QED) is 0.834. The van der Waals surface area contributed by atoms with Gasteiger partial charge in [-0.05, 0) is 32.2 Å². The van der Waals surface area contributed by atoms with Gasteiger partial charge in [0, 0.05) is 31.1 Å². The van der Waals surface area contributed by atoms with E-state index in [0.717, 1.165) is 36.8 Å². The first-order valence-electron chi connectivity index (χ1n) is 6.96. The minimum absolute atomic E-state index is 0.0564. The van der Waals surface area contributed by atoms with Crippen molar-refractivity contribution in [2.45, 2.75) is 24.3 Å². The highest BCUT2D eigenvalue weighted by atomic mass is 32.2. The molecule has 2 N–H and O–H groups in total. The standard InChI is InChI=1S/C15H23N3OS/c1-15(2,18-10-8-16-9-11-18)14(19)17-12-6-4-5-7-13(12)20-3/h4-7,16H,8-11H2,1-3H3,(H,17,19). The molecule has 0 spiro atoms. The van der Waals surface area contributed by atoms with Crippen LogP contribution in [0.15, 0.2) is 29.2 Å². The van der Waals surface area contributed by atoms with E-state index in [1.54, 1.807) is 11.8 Å². The number of thioether (sulfide) groups is 1. The Morgan fingerprint density at radius 1 is 1.30 bits per heavy atom. The van der Waals surface area contributed by atoms with Gasteiger partial charge >= 0.3 is 0 Å². The van der Waals surface area contributed by atoms with Crippen LogP contribution in [0.4, 0.5) is 5.69 Å². The van der Waals surface area contributed by atoms with Crippen molar-refractivity contribution < 1.29 is 4.79 Å². The molecule has 1 aromatic carbocycles. The number of piperazine rings is 1. The summed E-state index contributed by atoms with van der Waals surface area (Å²) >= 11 is 1.65. The molecule has 110 valence electrons. The fraction of sp³-hybridized carbons (Fsp3) is 0.533. The van der Waals surface area contributed by atoms with Crippen LogP contribution in [0.5, 0.6) is 0 Å². The second kappa shape index (κ2) is 6.61. The highest BCUT2D eigenvalue weighted by molar-refractivity contribution is 7.98. The second-order valence-electron chi connectivity index (χ2n) is 5.45. The molecule has 1 aliphatic heterocycles. The number of para-hydroxylation sites is 1. The van der Waals surface area contributed by atoms with Crippen LogP contribution in [0.2, 0.25) is 0 Å². The monoisotopic (exact) mass is 293 g/mol. The average Bonchev–Trinajstić information content (AvgIpc) is 2.48. The fourth-order valence-electron chi connectivity index (χ4n) is 2.39. The minimum atomic E-state index is -0.492. The molecule has 1 aromatic rings. The molecule has 0 radical (unpaired) electrons. The number of nitrogens with one attached hydrogen (secondary N) is 2. The van der Waals surface area contributed by atoms with Crippen LogP contribution in [0.1, 0.15) is 13.8 Å². The predicted molar refractivity (Wildman–Crippen MR) is 85.4 cm³/mol. The molecule has 0 aromatic heterocycles. The lowest BCUT2D eigenvalue weighted by Gasteiger charge is -2.39. The van der Waals surface area contributed by atoms with Crippen molar-refractivity contribution in [2.75, 3.05) is 37.8 Å². The molecule has 4 nitrogen and oxygen atoms in total. The number of amides is 1. The molecule has 0 saturated carbocycles. The number of hydrogen-bond acceptors (Lipinski definition) is 4. The molecule has 1 fully saturated rings. The maximum atomic E-state index is 12.6. The Hall–Kier alpha value is -1.04. The van der Waals surface area contributed by atoms with Gasteiger partial charge in [0.05, 0.1) is 11.2 Å². The van der Waals surface area contributed by atoms with Crippen LogP contribution in [-0.2, 0) is 4.79 Å². The normalized spacial score (nSPS) is 16.9. The summed E-state index contributed by atoms with van der Waals surface area (Å²) in [5, 5.41) is 6.39. The number of anilines is 1. The number of benzene rings is 1. The van der Waals surface area contributed by atoms with Gasteiger partial charge < -0.3 is 10.6 Å². The van der Waals surface area contributed by atoms with E-state index in [1.807, 2.05) is 44.4 Å².